The molecule has 0 atom stereocenters. The maximum atomic E-state index is 12.5. The molecule has 1 aliphatic rings. The molecule has 0 radical (unpaired) electrons. The van der Waals surface area contributed by atoms with E-state index in [1.54, 1.807) is 0 Å². The van der Waals surface area contributed by atoms with Gasteiger partial charge in [0.25, 0.3) is 0 Å². The Balaban J connectivity index is 2.13. The number of nitriles is 1. The molecule has 1 N–H and O–H groups in total. The van der Waals surface area contributed by atoms with Crippen LogP contribution in [0.5, 0.6) is 0 Å². The smallest absolute Gasteiger partial charge is 0.244 e. The number of aliphatic hydroxyl groups is 1. The van der Waals surface area contributed by atoms with Gasteiger partial charge in [0.05, 0.1) is 6.61 Å². The van der Waals surface area contributed by atoms with Crippen LogP contribution in [0.4, 0.5) is 0 Å². The molecule has 1 fully saturated rings. The van der Waals surface area contributed by atoms with Crippen molar-refractivity contribution >= 4 is 10.0 Å². The van der Waals surface area contributed by atoms with Crippen molar-refractivity contribution in [3.05, 3.63) is 24.0 Å². The summed E-state index contributed by atoms with van der Waals surface area (Å²) >= 11 is 0. The Morgan fingerprint density at radius 1 is 1.29 bits per heavy atom. The fourth-order valence-electron chi connectivity index (χ4n) is 2.30. The van der Waals surface area contributed by atoms with Gasteiger partial charge < -0.3 is 5.11 Å². The summed E-state index contributed by atoms with van der Waals surface area (Å²) in [5.74, 6) is 0. The third kappa shape index (κ3) is 3.77. The minimum atomic E-state index is -3.58. The van der Waals surface area contributed by atoms with Gasteiger partial charge in [0, 0.05) is 32.4 Å². The van der Waals surface area contributed by atoms with Crippen LogP contribution in [0, 0.1) is 11.3 Å². The summed E-state index contributed by atoms with van der Waals surface area (Å²) < 4.78 is 26.5. The molecule has 1 saturated heterocycles. The van der Waals surface area contributed by atoms with Gasteiger partial charge in [0.2, 0.25) is 10.0 Å². The van der Waals surface area contributed by atoms with Crippen molar-refractivity contribution in [1.82, 2.24) is 14.2 Å². The van der Waals surface area contributed by atoms with Gasteiger partial charge in [-0.05, 0) is 25.1 Å². The second-order valence-electron chi connectivity index (χ2n) is 4.81. The van der Waals surface area contributed by atoms with Crippen LogP contribution in [0.15, 0.2) is 23.2 Å². The maximum Gasteiger partial charge on any atom is 0.244 e. The SMILES string of the molecule is N#Cc1ccc(S(=O)(=O)N2CCCN(CCO)CC2)cn1. The van der Waals surface area contributed by atoms with Gasteiger partial charge in [-0.1, -0.05) is 0 Å². The summed E-state index contributed by atoms with van der Waals surface area (Å²) in [6.07, 6.45) is 1.95. The summed E-state index contributed by atoms with van der Waals surface area (Å²) in [6.45, 7) is 2.85. The number of nitrogens with zero attached hydrogens (tertiary/aromatic N) is 4. The second kappa shape index (κ2) is 6.95. The molecule has 21 heavy (non-hydrogen) atoms. The van der Waals surface area contributed by atoms with Crippen LogP contribution in [-0.2, 0) is 10.0 Å². The lowest BCUT2D eigenvalue weighted by Gasteiger charge is -2.21. The van der Waals surface area contributed by atoms with Crippen molar-refractivity contribution in [3.63, 3.8) is 0 Å². The molecule has 2 rings (SSSR count). The predicted octanol–water partition coefficient (Wildman–Crippen LogP) is -0.358. The standard InChI is InChI=1S/C13H18N4O3S/c14-10-12-2-3-13(11-15-12)21(19,20)17-5-1-4-16(6-7-17)8-9-18/h2-3,11,18H,1,4-9H2. The molecule has 0 spiro atoms. The van der Waals surface area contributed by atoms with Gasteiger partial charge in [-0.15, -0.1) is 0 Å². The molecule has 7 nitrogen and oxygen atoms in total. The van der Waals surface area contributed by atoms with Gasteiger partial charge in [0.1, 0.15) is 16.7 Å². The summed E-state index contributed by atoms with van der Waals surface area (Å²) in [6, 6.07) is 4.68. The molecule has 0 aromatic carbocycles. The number of aromatic nitrogens is 1. The van der Waals surface area contributed by atoms with E-state index in [9.17, 15) is 8.42 Å². The normalized spacial score (nSPS) is 18.1. The molecule has 0 aliphatic carbocycles. The molecule has 0 bridgehead atoms. The average Bonchev–Trinajstić information content (AvgIpc) is 2.74. The molecule has 2 heterocycles. The molecule has 0 amide bonds. The highest BCUT2D eigenvalue weighted by Gasteiger charge is 2.27. The predicted molar refractivity (Wildman–Crippen MR) is 75.9 cm³/mol. The van der Waals surface area contributed by atoms with Crippen molar-refractivity contribution < 1.29 is 13.5 Å². The van der Waals surface area contributed by atoms with Gasteiger partial charge in [-0.3, -0.25) is 4.90 Å². The number of aliphatic hydroxyl groups excluding tert-OH is 1. The quantitative estimate of drug-likeness (QED) is 0.816. The highest BCUT2D eigenvalue weighted by molar-refractivity contribution is 7.89. The first kappa shape index (κ1) is 15.9. The molecule has 1 aromatic heterocycles. The van der Waals surface area contributed by atoms with E-state index in [-0.39, 0.29) is 17.2 Å². The van der Waals surface area contributed by atoms with Gasteiger partial charge in [0.15, 0.2) is 0 Å². The van der Waals surface area contributed by atoms with E-state index >= 15 is 0 Å². The Labute approximate surface area is 124 Å². The van der Waals surface area contributed by atoms with Gasteiger partial charge >= 0.3 is 0 Å². The highest BCUT2D eigenvalue weighted by atomic mass is 32.2. The van der Waals surface area contributed by atoms with Crippen LogP contribution in [0.1, 0.15) is 12.1 Å². The lowest BCUT2D eigenvalue weighted by molar-refractivity contribution is 0.202. The second-order valence-corrected chi connectivity index (χ2v) is 6.75. The zero-order chi connectivity index (χ0) is 15.3. The third-order valence-electron chi connectivity index (χ3n) is 3.45. The monoisotopic (exact) mass is 310 g/mol. The molecule has 8 heteroatoms. The third-order valence-corrected chi connectivity index (χ3v) is 5.33. The van der Waals surface area contributed by atoms with E-state index < -0.39 is 10.0 Å². The zero-order valence-corrected chi connectivity index (χ0v) is 12.5. The van der Waals surface area contributed by atoms with E-state index in [2.05, 4.69) is 4.98 Å². The van der Waals surface area contributed by atoms with Crippen molar-refractivity contribution in [1.29, 1.82) is 5.26 Å². The lowest BCUT2D eigenvalue weighted by Crippen LogP contribution is -2.36. The van der Waals surface area contributed by atoms with Gasteiger partial charge in [-0.2, -0.15) is 9.57 Å². The number of pyridine rings is 1. The zero-order valence-electron chi connectivity index (χ0n) is 11.6. The van der Waals surface area contributed by atoms with Crippen LogP contribution >= 0.6 is 0 Å². The van der Waals surface area contributed by atoms with Crippen molar-refractivity contribution in [2.45, 2.75) is 11.3 Å². The largest absolute Gasteiger partial charge is 0.395 e. The van der Waals surface area contributed by atoms with Crippen molar-refractivity contribution in [2.24, 2.45) is 0 Å². The van der Waals surface area contributed by atoms with E-state index in [0.29, 0.717) is 26.2 Å². The molecule has 114 valence electrons. The number of β-amino-alcohol motifs (C(OH)–C–C–N with tert-alkyl or cyclic N) is 1. The van der Waals surface area contributed by atoms with E-state index in [4.69, 9.17) is 10.4 Å². The van der Waals surface area contributed by atoms with Crippen molar-refractivity contribution in [2.75, 3.05) is 39.3 Å². The van der Waals surface area contributed by atoms with Crippen LogP contribution in [0.3, 0.4) is 0 Å². The number of rotatable bonds is 4. The van der Waals surface area contributed by atoms with Crippen molar-refractivity contribution in [3.8, 4) is 6.07 Å². The summed E-state index contributed by atoms with van der Waals surface area (Å²) in [5.41, 5.74) is 0.193. The van der Waals surface area contributed by atoms with E-state index in [1.807, 2.05) is 11.0 Å². The van der Waals surface area contributed by atoms with E-state index in [0.717, 1.165) is 13.0 Å². The molecule has 0 saturated carbocycles. The van der Waals surface area contributed by atoms with Crippen LogP contribution < -0.4 is 0 Å². The highest BCUT2D eigenvalue weighted by Crippen LogP contribution is 2.17. The van der Waals surface area contributed by atoms with E-state index in [1.165, 1.54) is 22.6 Å². The summed E-state index contributed by atoms with van der Waals surface area (Å²) in [5, 5.41) is 17.7. The Hall–Kier alpha value is -1.53. The molecule has 1 aromatic rings. The minimum Gasteiger partial charge on any atom is -0.395 e. The molecular weight excluding hydrogens is 292 g/mol. The number of sulfonamides is 1. The first-order chi connectivity index (χ1) is 10.1. The fourth-order valence-corrected chi connectivity index (χ4v) is 3.72. The topological polar surface area (TPSA) is 97.5 Å². The first-order valence-corrected chi connectivity index (χ1v) is 8.21. The number of hydrogen-bond acceptors (Lipinski definition) is 6. The lowest BCUT2D eigenvalue weighted by atomic mass is 10.4. The van der Waals surface area contributed by atoms with Crippen LogP contribution in [0.2, 0.25) is 0 Å². The van der Waals surface area contributed by atoms with Crippen LogP contribution in [0.25, 0.3) is 0 Å². The Kier molecular flexibility index (Phi) is 5.25. The average molecular weight is 310 g/mol. The maximum absolute atomic E-state index is 12.5. The molecule has 1 aliphatic heterocycles. The van der Waals surface area contributed by atoms with Crippen LogP contribution in [-0.4, -0.2) is 67.0 Å². The first-order valence-electron chi connectivity index (χ1n) is 6.77. The Bertz CT molecular complexity index is 609. The fraction of sp³-hybridized carbons (Fsp3) is 0.538. The minimum absolute atomic E-state index is 0.0757. The summed E-state index contributed by atoms with van der Waals surface area (Å²) in [4.78, 5) is 5.97. The Morgan fingerprint density at radius 2 is 2.10 bits per heavy atom. The summed E-state index contributed by atoms with van der Waals surface area (Å²) in [7, 11) is -3.58. The van der Waals surface area contributed by atoms with Gasteiger partial charge in [-0.25, -0.2) is 13.4 Å². The Morgan fingerprint density at radius 3 is 2.71 bits per heavy atom. The molecule has 0 unspecified atom stereocenters. The number of hydrogen-bond donors (Lipinski definition) is 1. The molecular formula is C13H18N4O3S.